The fourth-order valence-corrected chi connectivity index (χ4v) is 1.37. The van der Waals surface area contributed by atoms with Crippen molar-refractivity contribution in [2.75, 3.05) is 27.2 Å². The Hall–Kier alpha value is -0.120. The van der Waals surface area contributed by atoms with Crippen LogP contribution < -0.4 is 0 Å². The van der Waals surface area contributed by atoms with Gasteiger partial charge in [0.25, 0.3) is 0 Å². The van der Waals surface area contributed by atoms with E-state index in [9.17, 15) is 0 Å². The molecule has 0 aromatic heterocycles. The van der Waals surface area contributed by atoms with Gasteiger partial charge in [-0.05, 0) is 55.6 Å². The Kier molecular flexibility index (Phi) is 5.94. The first kappa shape index (κ1) is 15.9. The molecule has 0 saturated heterocycles. The highest BCUT2D eigenvalue weighted by Crippen LogP contribution is 2.14. The molecule has 0 aromatic rings. The lowest BCUT2D eigenvalue weighted by Gasteiger charge is -2.31. The second-order valence-electron chi connectivity index (χ2n) is 6.54. The van der Waals surface area contributed by atoms with Gasteiger partial charge in [-0.1, -0.05) is 0 Å². The lowest BCUT2D eigenvalue weighted by Crippen LogP contribution is -2.39. The highest BCUT2D eigenvalue weighted by atomic mass is 16.6. The van der Waals surface area contributed by atoms with Crippen LogP contribution in [-0.2, 0) is 9.47 Å². The zero-order valence-corrected chi connectivity index (χ0v) is 12.3. The molecule has 3 nitrogen and oxygen atoms in total. The van der Waals surface area contributed by atoms with E-state index in [1.165, 1.54) is 0 Å². The minimum Gasteiger partial charge on any atom is -0.373 e. The van der Waals surface area contributed by atoms with Gasteiger partial charge in [-0.2, -0.15) is 0 Å². The summed E-state index contributed by atoms with van der Waals surface area (Å²) >= 11 is 0. The fraction of sp³-hybridized carbons (Fsp3) is 1.00. The van der Waals surface area contributed by atoms with Crippen molar-refractivity contribution in [1.82, 2.24) is 4.90 Å². The molecule has 0 aliphatic heterocycles. The van der Waals surface area contributed by atoms with E-state index >= 15 is 0 Å². The van der Waals surface area contributed by atoms with E-state index in [0.717, 1.165) is 6.54 Å². The Morgan fingerprint density at radius 1 is 0.938 bits per heavy atom. The van der Waals surface area contributed by atoms with Crippen LogP contribution in [0.3, 0.4) is 0 Å². The standard InChI is InChI=1S/C13H29NO2/c1-12(2,3)15-10-11(9-14(7)8)16-13(4,5)6/h11H,9-10H2,1-8H3. The summed E-state index contributed by atoms with van der Waals surface area (Å²) in [5.74, 6) is 0. The van der Waals surface area contributed by atoms with Crippen molar-refractivity contribution in [1.29, 1.82) is 0 Å². The first-order valence-corrected chi connectivity index (χ1v) is 5.96. The van der Waals surface area contributed by atoms with E-state index in [2.05, 4.69) is 60.5 Å². The third-order valence-corrected chi connectivity index (χ3v) is 1.79. The molecule has 0 rings (SSSR count). The predicted octanol–water partition coefficient (Wildman–Crippen LogP) is 2.55. The second-order valence-corrected chi connectivity index (χ2v) is 6.54. The second kappa shape index (κ2) is 5.99. The number of rotatable bonds is 5. The van der Waals surface area contributed by atoms with Crippen molar-refractivity contribution in [3.8, 4) is 0 Å². The maximum Gasteiger partial charge on any atom is 0.0942 e. The summed E-state index contributed by atoms with van der Waals surface area (Å²) in [4.78, 5) is 2.13. The smallest absolute Gasteiger partial charge is 0.0942 e. The minimum atomic E-state index is -0.123. The monoisotopic (exact) mass is 231 g/mol. The quantitative estimate of drug-likeness (QED) is 0.726. The molecule has 0 bridgehead atoms. The summed E-state index contributed by atoms with van der Waals surface area (Å²) in [5.41, 5.74) is -0.228. The average Bonchev–Trinajstić information content (AvgIpc) is 1.94. The molecule has 0 fully saturated rings. The zero-order valence-electron chi connectivity index (χ0n) is 12.3. The highest BCUT2D eigenvalue weighted by molar-refractivity contribution is 4.70. The molecule has 3 heteroatoms. The summed E-state index contributed by atoms with van der Waals surface area (Å²) in [6.07, 6.45) is 0.120. The molecule has 0 radical (unpaired) electrons. The molecular formula is C13H29NO2. The van der Waals surface area contributed by atoms with Crippen LogP contribution in [-0.4, -0.2) is 49.5 Å². The molecular weight excluding hydrogens is 202 g/mol. The van der Waals surface area contributed by atoms with Crippen molar-refractivity contribution in [2.45, 2.75) is 58.8 Å². The lowest BCUT2D eigenvalue weighted by atomic mass is 10.1. The maximum atomic E-state index is 5.98. The van der Waals surface area contributed by atoms with Gasteiger partial charge in [-0.15, -0.1) is 0 Å². The number of likely N-dealkylation sites (N-methyl/N-ethyl adjacent to an activating group) is 1. The molecule has 0 heterocycles. The van der Waals surface area contributed by atoms with E-state index in [1.54, 1.807) is 0 Å². The molecule has 1 atom stereocenters. The number of hydrogen-bond donors (Lipinski definition) is 0. The van der Waals surface area contributed by atoms with Crippen molar-refractivity contribution in [3.05, 3.63) is 0 Å². The van der Waals surface area contributed by atoms with Crippen LogP contribution in [0.15, 0.2) is 0 Å². The fourth-order valence-electron chi connectivity index (χ4n) is 1.37. The van der Waals surface area contributed by atoms with Gasteiger partial charge in [0.2, 0.25) is 0 Å². The topological polar surface area (TPSA) is 21.7 Å². The summed E-state index contributed by atoms with van der Waals surface area (Å²) in [6, 6.07) is 0. The van der Waals surface area contributed by atoms with Crippen LogP contribution in [0.4, 0.5) is 0 Å². The molecule has 98 valence electrons. The summed E-state index contributed by atoms with van der Waals surface area (Å²) < 4.78 is 11.8. The largest absolute Gasteiger partial charge is 0.373 e. The van der Waals surface area contributed by atoms with E-state index < -0.39 is 0 Å². The van der Waals surface area contributed by atoms with Crippen molar-refractivity contribution in [3.63, 3.8) is 0 Å². The third-order valence-electron chi connectivity index (χ3n) is 1.79. The Labute approximate surface area is 101 Å². The Bertz CT molecular complexity index is 189. The highest BCUT2D eigenvalue weighted by Gasteiger charge is 2.22. The normalized spacial score (nSPS) is 15.6. The molecule has 0 aliphatic carbocycles. The molecule has 0 N–H and O–H groups in total. The minimum absolute atomic E-state index is 0.105. The van der Waals surface area contributed by atoms with Gasteiger partial charge in [-0.3, -0.25) is 0 Å². The first-order chi connectivity index (χ1) is 6.99. The Morgan fingerprint density at radius 2 is 1.44 bits per heavy atom. The molecule has 0 saturated carbocycles. The summed E-state index contributed by atoms with van der Waals surface area (Å²) in [6.45, 7) is 13.9. The average molecular weight is 231 g/mol. The van der Waals surface area contributed by atoms with Gasteiger partial charge < -0.3 is 14.4 Å². The van der Waals surface area contributed by atoms with Crippen LogP contribution in [0.5, 0.6) is 0 Å². The van der Waals surface area contributed by atoms with Crippen LogP contribution in [0.25, 0.3) is 0 Å². The number of ether oxygens (including phenoxy) is 2. The Balaban J connectivity index is 4.22. The predicted molar refractivity (Wildman–Crippen MR) is 68.9 cm³/mol. The van der Waals surface area contributed by atoms with Crippen LogP contribution >= 0.6 is 0 Å². The van der Waals surface area contributed by atoms with Gasteiger partial charge in [0.05, 0.1) is 23.9 Å². The van der Waals surface area contributed by atoms with E-state index in [4.69, 9.17) is 9.47 Å². The van der Waals surface area contributed by atoms with Crippen molar-refractivity contribution in [2.24, 2.45) is 0 Å². The van der Waals surface area contributed by atoms with E-state index in [0.29, 0.717) is 6.61 Å². The summed E-state index contributed by atoms with van der Waals surface area (Å²) in [7, 11) is 4.10. The van der Waals surface area contributed by atoms with Crippen molar-refractivity contribution >= 4 is 0 Å². The lowest BCUT2D eigenvalue weighted by molar-refractivity contribution is -0.124. The first-order valence-electron chi connectivity index (χ1n) is 5.96. The molecule has 0 aromatic carbocycles. The Morgan fingerprint density at radius 3 is 1.75 bits per heavy atom. The number of hydrogen-bond acceptors (Lipinski definition) is 3. The third kappa shape index (κ3) is 10.4. The molecule has 1 unspecified atom stereocenters. The van der Waals surface area contributed by atoms with Gasteiger partial charge in [0.15, 0.2) is 0 Å². The van der Waals surface area contributed by atoms with Crippen LogP contribution in [0, 0.1) is 0 Å². The molecule has 0 aliphatic rings. The van der Waals surface area contributed by atoms with E-state index in [1.807, 2.05) is 0 Å². The van der Waals surface area contributed by atoms with Gasteiger partial charge in [0, 0.05) is 6.54 Å². The van der Waals surface area contributed by atoms with Crippen LogP contribution in [0.1, 0.15) is 41.5 Å². The SMILES string of the molecule is CN(C)CC(COC(C)(C)C)OC(C)(C)C. The molecule has 0 spiro atoms. The number of nitrogens with zero attached hydrogens (tertiary/aromatic N) is 1. The molecule has 16 heavy (non-hydrogen) atoms. The van der Waals surface area contributed by atoms with Gasteiger partial charge in [-0.25, -0.2) is 0 Å². The van der Waals surface area contributed by atoms with E-state index in [-0.39, 0.29) is 17.3 Å². The van der Waals surface area contributed by atoms with Gasteiger partial charge >= 0.3 is 0 Å². The van der Waals surface area contributed by atoms with Crippen LogP contribution in [0.2, 0.25) is 0 Å². The van der Waals surface area contributed by atoms with Gasteiger partial charge in [0.1, 0.15) is 0 Å². The molecule has 0 amide bonds. The zero-order chi connectivity index (χ0) is 13.0. The summed E-state index contributed by atoms with van der Waals surface area (Å²) in [5, 5.41) is 0. The maximum absolute atomic E-state index is 5.98. The van der Waals surface area contributed by atoms with Crippen molar-refractivity contribution < 1.29 is 9.47 Å².